The molecule has 1 aromatic heterocycles. The molecule has 1 aromatic rings. The van der Waals surface area contributed by atoms with Crippen molar-refractivity contribution in [2.75, 3.05) is 32.9 Å². The van der Waals surface area contributed by atoms with Crippen molar-refractivity contribution in [3.8, 4) is 0 Å². The van der Waals surface area contributed by atoms with Crippen molar-refractivity contribution in [3.05, 3.63) is 17.5 Å². The summed E-state index contributed by atoms with van der Waals surface area (Å²) in [5.41, 5.74) is 1.45. The summed E-state index contributed by atoms with van der Waals surface area (Å²) >= 11 is 0. The highest BCUT2D eigenvalue weighted by molar-refractivity contribution is 7.89. The Morgan fingerprint density at radius 2 is 2.14 bits per heavy atom. The van der Waals surface area contributed by atoms with Gasteiger partial charge in [0.25, 0.3) is 0 Å². The Labute approximate surface area is 126 Å². The smallest absolute Gasteiger partial charge is 0.214 e. The largest absolute Gasteiger partial charge is 0.385 e. The van der Waals surface area contributed by atoms with Gasteiger partial charge in [0.2, 0.25) is 10.0 Å². The average molecular weight is 316 g/mol. The Morgan fingerprint density at radius 1 is 1.43 bits per heavy atom. The van der Waals surface area contributed by atoms with Crippen LogP contribution in [0.2, 0.25) is 0 Å². The van der Waals surface area contributed by atoms with E-state index in [2.05, 4.69) is 5.10 Å². The van der Waals surface area contributed by atoms with Gasteiger partial charge >= 0.3 is 0 Å². The molecular formula is C13H24N4O3S. The summed E-state index contributed by atoms with van der Waals surface area (Å²) < 4.78 is 27.4. The summed E-state index contributed by atoms with van der Waals surface area (Å²) in [5.74, 6) is 0.108. The number of sulfonamides is 1. The fraction of sp³-hybridized carbons (Fsp3) is 0.769. The number of likely N-dealkylation sites (N-methyl/N-ethyl adjacent to an activating group) is 1. The number of nitrogens with zero attached hydrogens (tertiary/aromatic N) is 4. The minimum Gasteiger partial charge on any atom is -0.385 e. The number of aliphatic hydroxyl groups is 1. The fourth-order valence-electron chi connectivity index (χ4n) is 2.48. The Morgan fingerprint density at radius 3 is 2.76 bits per heavy atom. The van der Waals surface area contributed by atoms with Crippen LogP contribution in [-0.4, -0.2) is 65.4 Å². The van der Waals surface area contributed by atoms with Gasteiger partial charge < -0.3 is 10.0 Å². The van der Waals surface area contributed by atoms with Gasteiger partial charge in [-0.15, -0.1) is 0 Å². The fourth-order valence-corrected chi connectivity index (χ4v) is 3.58. The first-order chi connectivity index (χ1) is 9.83. The first-order valence-electron chi connectivity index (χ1n) is 7.20. The van der Waals surface area contributed by atoms with Gasteiger partial charge in [0.1, 0.15) is 6.10 Å². The van der Waals surface area contributed by atoms with Gasteiger partial charge in [-0.3, -0.25) is 4.68 Å². The van der Waals surface area contributed by atoms with Crippen LogP contribution in [0.25, 0.3) is 0 Å². The Balaban J connectivity index is 2.21. The number of hydrogen-bond donors (Lipinski definition) is 1. The first kappa shape index (κ1) is 16.4. The lowest BCUT2D eigenvalue weighted by Crippen LogP contribution is -2.32. The van der Waals surface area contributed by atoms with Crippen molar-refractivity contribution in [2.24, 2.45) is 0 Å². The zero-order chi connectivity index (χ0) is 15.6. The second-order valence-corrected chi connectivity index (χ2v) is 7.91. The SMILES string of the molecule is CCS(=O)(=O)N1CCCn2nc([C@H](O)CN(C)C)cc2C1. The topological polar surface area (TPSA) is 78.7 Å². The van der Waals surface area contributed by atoms with Crippen LogP contribution < -0.4 is 0 Å². The zero-order valence-corrected chi connectivity index (χ0v) is 13.7. The summed E-state index contributed by atoms with van der Waals surface area (Å²) in [6.07, 6.45) is 0.0765. The third kappa shape index (κ3) is 3.82. The van der Waals surface area contributed by atoms with E-state index in [0.29, 0.717) is 31.9 Å². The van der Waals surface area contributed by atoms with Crippen molar-refractivity contribution in [3.63, 3.8) is 0 Å². The van der Waals surface area contributed by atoms with Crippen molar-refractivity contribution in [1.29, 1.82) is 0 Å². The predicted molar refractivity (Wildman–Crippen MR) is 80.2 cm³/mol. The van der Waals surface area contributed by atoms with Crippen LogP contribution in [0.4, 0.5) is 0 Å². The highest BCUT2D eigenvalue weighted by Gasteiger charge is 2.25. The first-order valence-corrected chi connectivity index (χ1v) is 8.81. The van der Waals surface area contributed by atoms with E-state index in [9.17, 15) is 13.5 Å². The molecule has 0 spiro atoms. The van der Waals surface area contributed by atoms with E-state index >= 15 is 0 Å². The summed E-state index contributed by atoms with van der Waals surface area (Å²) in [5, 5.41) is 14.6. The second-order valence-electron chi connectivity index (χ2n) is 5.65. The summed E-state index contributed by atoms with van der Waals surface area (Å²) in [6.45, 7) is 3.68. The predicted octanol–water partition coefficient (Wildman–Crippen LogP) is 0.0335. The summed E-state index contributed by atoms with van der Waals surface area (Å²) in [4.78, 5) is 1.89. The van der Waals surface area contributed by atoms with Gasteiger partial charge in [-0.05, 0) is 33.5 Å². The molecule has 0 radical (unpaired) electrons. The quantitative estimate of drug-likeness (QED) is 0.829. The minimum absolute atomic E-state index is 0.108. The van der Waals surface area contributed by atoms with Crippen molar-refractivity contribution in [1.82, 2.24) is 19.0 Å². The molecule has 7 nitrogen and oxygen atoms in total. The molecule has 21 heavy (non-hydrogen) atoms. The van der Waals surface area contributed by atoms with Crippen LogP contribution in [0.3, 0.4) is 0 Å². The molecule has 0 unspecified atom stereocenters. The van der Waals surface area contributed by atoms with E-state index in [-0.39, 0.29) is 5.75 Å². The molecule has 0 saturated carbocycles. The molecule has 8 heteroatoms. The van der Waals surface area contributed by atoms with Gasteiger partial charge in [0.05, 0.1) is 23.7 Å². The molecule has 1 atom stereocenters. The van der Waals surface area contributed by atoms with Crippen LogP contribution in [-0.2, 0) is 23.1 Å². The van der Waals surface area contributed by atoms with Crippen molar-refractivity contribution < 1.29 is 13.5 Å². The highest BCUT2D eigenvalue weighted by Crippen LogP contribution is 2.20. The lowest BCUT2D eigenvalue weighted by atomic mass is 10.2. The highest BCUT2D eigenvalue weighted by atomic mass is 32.2. The van der Waals surface area contributed by atoms with Crippen LogP contribution in [0.15, 0.2) is 6.07 Å². The van der Waals surface area contributed by atoms with Gasteiger partial charge in [0.15, 0.2) is 0 Å². The molecule has 0 bridgehead atoms. The number of fused-ring (bicyclic) bond motifs is 1. The van der Waals surface area contributed by atoms with Crippen LogP contribution >= 0.6 is 0 Å². The molecule has 120 valence electrons. The number of rotatable bonds is 5. The molecule has 1 aliphatic heterocycles. The lowest BCUT2D eigenvalue weighted by molar-refractivity contribution is 0.133. The molecule has 2 rings (SSSR count). The summed E-state index contributed by atoms with van der Waals surface area (Å²) in [7, 11) is 0.582. The van der Waals surface area contributed by atoms with E-state index in [1.165, 1.54) is 4.31 Å². The van der Waals surface area contributed by atoms with Crippen LogP contribution in [0.1, 0.15) is 30.8 Å². The van der Waals surface area contributed by atoms with Gasteiger partial charge in [-0.2, -0.15) is 9.40 Å². The van der Waals surface area contributed by atoms with Gasteiger partial charge in [0, 0.05) is 19.6 Å². The maximum absolute atomic E-state index is 12.0. The third-order valence-corrected chi connectivity index (χ3v) is 5.46. The van der Waals surface area contributed by atoms with Gasteiger partial charge in [-0.25, -0.2) is 8.42 Å². The monoisotopic (exact) mass is 316 g/mol. The Hall–Kier alpha value is -0.960. The van der Waals surface area contributed by atoms with E-state index in [1.807, 2.05) is 29.7 Å². The molecule has 0 saturated heterocycles. The molecule has 0 amide bonds. The molecule has 0 aliphatic carbocycles. The van der Waals surface area contributed by atoms with Crippen LogP contribution in [0, 0.1) is 0 Å². The van der Waals surface area contributed by atoms with Crippen molar-refractivity contribution >= 4 is 10.0 Å². The molecule has 1 aliphatic rings. The van der Waals surface area contributed by atoms with Crippen molar-refractivity contribution in [2.45, 2.75) is 32.5 Å². The minimum atomic E-state index is -3.20. The molecule has 1 N–H and O–H groups in total. The number of hydrogen-bond acceptors (Lipinski definition) is 5. The zero-order valence-electron chi connectivity index (χ0n) is 12.9. The number of aromatic nitrogens is 2. The van der Waals surface area contributed by atoms with Crippen LogP contribution in [0.5, 0.6) is 0 Å². The number of aryl methyl sites for hydroxylation is 1. The molecule has 0 fully saturated rings. The maximum Gasteiger partial charge on any atom is 0.214 e. The Bertz CT molecular complexity index is 582. The number of aliphatic hydroxyl groups excluding tert-OH is 1. The Kier molecular flexibility index (Phi) is 5.03. The normalized spacial score (nSPS) is 18.5. The van der Waals surface area contributed by atoms with E-state index in [4.69, 9.17) is 0 Å². The van der Waals surface area contributed by atoms with E-state index < -0.39 is 16.1 Å². The lowest BCUT2D eigenvalue weighted by Gasteiger charge is -2.18. The molecular weight excluding hydrogens is 292 g/mol. The third-order valence-electron chi connectivity index (χ3n) is 3.64. The average Bonchev–Trinajstić information content (AvgIpc) is 2.70. The molecule has 2 heterocycles. The second kappa shape index (κ2) is 6.43. The summed E-state index contributed by atoms with van der Waals surface area (Å²) in [6, 6.07) is 1.82. The standard InChI is InChI=1S/C13H24N4O3S/c1-4-21(19,20)16-6-5-7-17-11(9-16)8-12(14-17)13(18)10-15(2)3/h8,13,18H,4-7,9-10H2,1-3H3/t13-/m1/s1. The van der Waals surface area contributed by atoms with E-state index in [1.54, 1.807) is 6.92 Å². The van der Waals surface area contributed by atoms with E-state index in [0.717, 1.165) is 12.1 Å². The molecule has 0 aromatic carbocycles. The maximum atomic E-state index is 12.0. The van der Waals surface area contributed by atoms with Gasteiger partial charge in [-0.1, -0.05) is 0 Å².